The minimum Gasteiger partial charge on any atom is -0.487 e. The summed E-state index contributed by atoms with van der Waals surface area (Å²) in [5.74, 6) is 2.65. The van der Waals surface area contributed by atoms with Crippen LogP contribution in [0, 0.1) is 0 Å². The van der Waals surface area contributed by atoms with Crippen LogP contribution in [0.3, 0.4) is 0 Å². The van der Waals surface area contributed by atoms with E-state index in [0.717, 1.165) is 43.3 Å². The van der Waals surface area contributed by atoms with Gasteiger partial charge in [0, 0.05) is 25.6 Å². The summed E-state index contributed by atoms with van der Waals surface area (Å²) >= 11 is 0. The molecule has 1 aliphatic carbocycles. The maximum atomic E-state index is 6.46. The summed E-state index contributed by atoms with van der Waals surface area (Å²) in [6, 6.07) is 8.56. The van der Waals surface area contributed by atoms with Crippen LogP contribution in [0.15, 0.2) is 35.6 Å². The highest BCUT2D eigenvalue weighted by molar-refractivity contribution is 5.80. The van der Waals surface area contributed by atoms with Gasteiger partial charge in [-0.05, 0) is 38.7 Å². The lowest BCUT2D eigenvalue weighted by molar-refractivity contribution is 0.0396. The Morgan fingerprint density at radius 2 is 2.15 bits per heavy atom. The smallest absolute Gasteiger partial charge is 0.192 e. The van der Waals surface area contributed by atoms with E-state index in [1.165, 1.54) is 18.4 Å². The number of aryl methyl sites for hydroxylation is 1. The van der Waals surface area contributed by atoms with E-state index in [1.807, 2.05) is 11.6 Å². The van der Waals surface area contributed by atoms with Crippen molar-refractivity contribution in [2.75, 3.05) is 6.54 Å². The number of hydrogen-bond donors (Lipinski definition) is 2. The van der Waals surface area contributed by atoms with Crippen LogP contribution >= 0.6 is 0 Å². The zero-order valence-corrected chi connectivity index (χ0v) is 16.1. The highest BCUT2D eigenvalue weighted by Gasteiger charge is 2.43. The molecule has 1 unspecified atom stereocenters. The molecule has 0 saturated heterocycles. The number of aromatic nitrogens is 3. The van der Waals surface area contributed by atoms with E-state index >= 15 is 0 Å². The molecule has 1 fully saturated rings. The molecular formula is C20H28N6O. The number of fused-ring (bicyclic) bond motifs is 1. The van der Waals surface area contributed by atoms with Gasteiger partial charge in [0.1, 0.15) is 24.2 Å². The summed E-state index contributed by atoms with van der Waals surface area (Å²) in [4.78, 5) is 4.73. The first-order valence-corrected chi connectivity index (χ1v) is 9.85. The maximum absolute atomic E-state index is 6.46. The molecule has 7 heteroatoms. The minimum absolute atomic E-state index is 0.0348. The Kier molecular flexibility index (Phi) is 5.01. The highest BCUT2D eigenvalue weighted by Crippen LogP contribution is 2.46. The number of ether oxygens (including phenoxy) is 1. The molecule has 1 aromatic carbocycles. The number of rotatable bonds is 4. The Balaban J connectivity index is 1.57. The molecule has 4 rings (SSSR count). The summed E-state index contributed by atoms with van der Waals surface area (Å²) in [5, 5.41) is 15.1. The van der Waals surface area contributed by atoms with Crippen LogP contribution in [0.25, 0.3) is 0 Å². The standard InChI is InChI=1S/C20H28N6O/c1-3-21-19(22-13-18-25-23-14-26(18)2)24-16-12-20(10-6-7-11-20)27-17-9-5-4-8-15(16)17/h4-5,8-9,14,16H,3,6-7,10-13H2,1-2H3,(H2,21,22,24). The Labute approximate surface area is 160 Å². The number of nitrogens with zero attached hydrogens (tertiary/aromatic N) is 4. The van der Waals surface area contributed by atoms with Gasteiger partial charge < -0.3 is 19.9 Å². The molecule has 1 saturated carbocycles. The molecule has 144 valence electrons. The van der Waals surface area contributed by atoms with Gasteiger partial charge in [0.2, 0.25) is 0 Å². The normalized spacial score (nSPS) is 21.0. The van der Waals surface area contributed by atoms with Crippen LogP contribution in [0.2, 0.25) is 0 Å². The lowest BCUT2D eigenvalue weighted by atomic mass is 9.86. The summed E-state index contributed by atoms with van der Waals surface area (Å²) in [5.41, 5.74) is 1.17. The topological polar surface area (TPSA) is 76.4 Å². The predicted molar refractivity (Wildman–Crippen MR) is 105 cm³/mol. The molecular weight excluding hydrogens is 340 g/mol. The molecule has 1 atom stereocenters. The zero-order chi connectivity index (χ0) is 18.7. The van der Waals surface area contributed by atoms with Crippen molar-refractivity contribution in [2.45, 2.75) is 57.2 Å². The Morgan fingerprint density at radius 3 is 2.89 bits per heavy atom. The molecule has 0 radical (unpaired) electrons. The second-order valence-corrected chi connectivity index (χ2v) is 7.48. The number of hydrogen-bond acceptors (Lipinski definition) is 4. The third-order valence-electron chi connectivity index (χ3n) is 5.55. The first-order valence-electron chi connectivity index (χ1n) is 9.85. The Morgan fingerprint density at radius 1 is 1.33 bits per heavy atom. The van der Waals surface area contributed by atoms with Crippen LogP contribution in [-0.4, -0.2) is 32.9 Å². The van der Waals surface area contributed by atoms with Crippen molar-refractivity contribution in [2.24, 2.45) is 12.0 Å². The molecule has 0 amide bonds. The van der Waals surface area contributed by atoms with Crippen molar-refractivity contribution < 1.29 is 4.74 Å². The maximum Gasteiger partial charge on any atom is 0.192 e. The predicted octanol–water partition coefficient (Wildman–Crippen LogP) is 2.71. The molecule has 2 N–H and O–H groups in total. The highest BCUT2D eigenvalue weighted by atomic mass is 16.5. The number of benzene rings is 1. The Bertz CT molecular complexity index is 808. The third-order valence-corrected chi connectivity index (χ3v) is 5.55. The number of para-hydroxylation sites is 1. The number of aliphatic imine (C=N–C) groups is 1. The first kappa shape index (κ1) is 17.8. The fourth-order valence-electron chi connectivity index (χ4n) is 4.16. The van der Waals surface area contributed by atoms with Crippen molar-refractivity contribution in [3.63, 3.8) is 0 Å². The summed E-state index contributed by atoms with van der Waals surface area (Å²) < 4.78 is 8.36. The van der Waals surface area contributed by atoms with E-state index in [9.17, 15) is 0 Å². The summed E-state index contributed by atoms with van der Waals surface area (Å²) in [7, 11) is 1.93. The van der Waals surface area contributed by atoms with Gasteiger partial charge in [-0.15, -0.1) is 10.2 Å². The van der Waals surface area contributed by atoms with Crippen molar-refractivity contribution in [3.05, 3.63) is 42.0 Å². The van der Waals surface area contributed by atoms with Crippen LogP contribution in [0.1, 0.15) is 56.5 Å². The second kappa shape index (κ2) is 7.58. The van der Waals surface area contributed by atoms with E-state index in [2.05, 4.69) is 52.0 Å². The van der Waals surface area contributed by atoms with Crippen molar-refractivity contribution in [3.8, 4) is 5.75 Å². The van der Waals surface area contributed by atoms with E-state index < -0.39 is 0 Å². The van der Waals surface area contributed by atoms with Crippen molar-refractivity contribution in [1.29, 1.82) is 0 Å². The average Bonchev–Trinajstić information content (AvgIpc) is 3.29. The average molecular weight is 368 g/mol. The molecule has 2 aromatic rings. The van der Waals surface area contributed by atoms with E-state index in [1.54, 1.807) is 6.33 Å². The van der Waals surface area contributed by atoms with E-state index in [4.69, 9.17) is 9.73 Å². The van der Waals surface area contributed by atoms with Gasteiger partial charge in [0.05, 0.1) is 6.04 Å². The molecule has 2 heterocycles. The van der Waals surface area contributed by atoms with Gasteiger partial charge in [0.25, 0.3) is 0 Å². The molecule has 1 spiro atoms. The monoisotopic (exact) mass is 368 g/mol. The lowest BCUT2D eigenvalue weighted by Crippen LogP contribution is -2.46. The molecule has 0 bridgehead atoms. The van der Waals surface area contributed by atoms with Crippen LogP contribution in [0.5, 0.6) is 5.75 Å². The van der Waals surface area contributed by atoms with Gasteiger partial charge in [-0.1, -0.05) is 18.2 Å². The minimum atomic E-state index is -0.0348. The number of guanidine groups is 1. The molecule has 1 aliphatic heterocycles. The molecule has 7 nitrogen and oxygen atoms in total. The van der Waals surface area contributed by atoms with E-state index in [-0.39, 0.29) is 11.6 Å². The molecule has 2 aliphatic rings. The van der Waals surface area contributed by atoms with Crippen LogP contribution in [-0.2, 0) is 13.6 Å². The van der Waals surface area contributed by atoms with Gasteiger partial charge >= 0.3 is 0 Å². The Hall–Kier alpha value is -2.57. The van der Waals surface area contributed by atoms with Gasteiger partial charge in [0.15, 0.2) is 11.8 Å². The van der Waals surface area contributed by atoms with Crippen LogP contribution < -0.4 is 15.4 Å². The van der Waals surface area contributed by atoms with Crippen molar-refractivity contribution in [1.82, 2.24) is 25.4 Å². The fourth-order valence-corrected chi connectivity index (χ4v) is 4.16. The molecule has 27 heavy (non-hydrogen) atoms. The second-order valence-electron chi connectivity index (χ2n) is 7.48. The zero-order valence-electron chi connectivity index (χ0n) is 16.1. The SMILES string of the molecule is CCNC(=NCc1nncn1C)NC1CC2(CCCC2)Oc2ccccc21. The number of nitrogens with one attached hydrogen (secondary N) is 2. The molecule has 1 aromatic heterocycles. The largest absolute Gasteiger partial charge is 0.487 e. The van der Waals surface area contributed by atoms with Gasteiger partial charge in [-0.3, -0.25) is 0 Å². The van der Waals surface area contributed by atoms with Crippen LogP contribution in [0.4, 0.5) is 0 Å². The van der Waals surface area contributed by atoms with Gasteiger partial charge in [-0.2, -0.15) is 0 Å². The van der Waals surface area contributed by atoms with E-state index in [0.29, 0.717) is 6.54 Å². The first-order chi connectivity index (χ1) is 13.2. The van der Waals surface area contributed by atoms with Gasteiger partial charge in [-0.25, -0.2) is 4.99 Å². The summed E-state index contributed by atoms with van der Waals surface area (Å²) in [6.07, 6.45) is 7.42. The fraction of sp³-hybridized carbons (Fsp3) is 0.550. The van der Waals surface area contributed by atoms with Crippen molar-refractivity contribution >= 4 is 5.96 Å². The summed E-state index contributed by atoms with van der Waals surface area (Å²) in [6.45, 7) is 3.37. The third kappa shape index (κ3) is 3.77. The lowest BCUT2D eigenvalue weighted by Gasteiger charge is -2.40. The quantitative estimate of drug-likeness (QED) is 0.641.